The Kier molecular flexibility index (Phi) is 4.47. The second-order valence-electron chi connectivity index (χ2n) is 6.46. The molecule has 9 atom stereocenters. The fourth-order valence-corrected chi connectivity index (χ4v) is 3.74. The van der Waals surface area contributed by atoms with Gasteiger partial charge in [0.2, 0.25) is 12.1 Å². The number of rotatable bonds is 2. The zero-order valence-electron chi connectivity index (χ0n) is 13.1. The van der Waals surface area contributed by atoms with E-state index < -0.39 is 48.6 Å². The third kappa shape index (κ3) is 2.47. The van der Waals surface area contributed by atoms with Crippen LogP contribution in [0.4, 0.5) is 0 Å². The van der Waals surface area contributed by atoms with Crippen LogP contribution in [0, 0.1) is 0 Å². The van der Waals surface area contributed by atoms with Gasteiger partial charge in [-0.3, -0.25) is 0 Å². The second kappa shape index (κ2) is 5.95. The highest BCUT2D eigenvalue weighted by Gasteiger charge is 2.60. The fraction of sp³-hybridized carbons (Fsp3) is 1.00. The van der Waals surface area contributed by atoms with E-state index in [1.165, 1.54) is 0 Å². The summed E-state index contributed by atoms with van der Waals surface area (Å²) in [6, 6.07) is -1.04. The second-order valence-corrected chi connectivity index (χ2v) is 6.46. The number of aliphatic hydroxyl groups is 3. The smallest absolute Gasteiger partial charge is 0.218 e. The van der Waals surface area contributed by atoms with E-state index in [4.69, 9.17) is 14.2 Å². The molecule has 0 aromatic heterocycles. The minimum Gasteiger partial charge on any atom is -0.390 e. The topological polar surface area (TPSA) is 112 Å². The molecular weight excluding hydrogens is 292 g/mol. The summed E-state index contributed by atoms with van der Waals surface area (Å²) in [7, 11) is 3.37. The predicted molar refractivity (Wildman–Crippen MR) is 76.0 cm³/mol. The van der Waals surface area contributed by atoms with E-state index in [1.807, 2.05) is 6.92 Å². The minimum atomic E-state index is -1.55. The quantitative estimate of drug-likeness (QED) is 0.393. The van der Waals surface area contributed by atoms with Crippen molar-refractivity contribution < 1.29 is 29.5 Å². The Morgan fingerprint density at radius 3 is 2.32 bits per heavy atom. The van der Waals surface area contributed by atoms with Crippen LogP contribution in [-0.2, 0) is 14.2 Å². The van der Waals surface area contributed by atoms with Gasteiger partial charge < -0.3 is 40.2 Å². The lowest BCUT2D eigenvalue weighted by molar-refractivity contribution is -0.443. The van der Waals surface area contributed by atoms with Crippen molar-refractivity contribution in [2.75, 3.05) is 14.1 Å². The molecule has 0 bridgehead atoms. The zero-order valence-corrected chi connectivity index (χ0v) is 13.1. The number of hydrogen-bond donors (Lipinski definition) is 5. The summed E-state index contributed by atoms with van der Waals surface area (Å²) in [5, 5.41) is 37.5. The van der Waals surface area contributed by atoms with Gasteiger partial charge in [-0.05, 0) is 27.4 Å². The van der Waals surface area contributed by atoms with Crippen molar-refractivity contribution in [1.29, 1.82) is 0 Å². The van der Waals surface area contributed by atoms with Crippen LogP contribution in [0.3, 0.4) is 0 Å². The Labute approximate surface area is 129 Å². The first-order valence-corrected chi connectivity index (χ1v) is 7.83. The molecule has 1 saturated carbocycles. The first-order chi connectivity index (χ1) is 10.4. The van der Waals surface area contributed by atoms with Crippen molar-refractivity contribution in [3.05, 3.63) is 0 Å². The number of ether oxygens (including phenoxy) is 3. The van der Waals surface area contributed by atoms with Gasteiger partial charge in [0.05, 0.1) is 24.3 Å². The summed E-state index contributed by atoms with van der Waals surface area (Å²) in [6.07, 6.45) is -3.15. The molecule has 2 aliphatic heterocycles. The van der Waals surface area contributed by atoms with Crippen molar-refractivity contribution in [2.45, 2.75) is 74.4 Å². The van der Waals surface area contributed by atoms with Crippen molar-refractivity contribution >= 4 is 0 Å². The Bertz CT molecular complexity index is 413. The molecule has 5 N–H and O–H groups in total. The van der Waals surface area contributed by atoms with Crippen LogP contribution >= 0.6 is 0 Å². The molecule has 22 heavy (non-hydrogen) atoms. The molecule has 0 spiro atoms. The van der Waals surface area contributed by atoms with Crippen LogP contribution in [-0.4, -0.2) is 84.1 Å². The van der Waals surface area contributed by atoms with Gasteiger partial charge in [0.25, 0.3) is 0 Å². The number of likely N-dealkylation sites (N-methyl/N-ethyl adjacent to an activating group) is 2. The standard InChI is InChI=1S/C14H26N2O6/c1-6-4-5-14(19)13(20-6)21-12-10(18)7(15-2)9(17)8(16-3)11(12)22-14/h6-13,15-19H,4-5H2,1-3H3/t6-,7-,8+,9+,10+,11-,12-,13+,14+/m1/s1. The summed E-state index contributed by atoms with van der Waals surface area (Å²) in [6.45, 7) is 1.91. The van der Waals surface area contributed by atoms with Gasteiger partial charge in [-0.2, -0.15) is 0 Å². The third-order valence-corrected chi connectivity index (χ3v) is 5.04. The van der Waals surface area contributed by atoms with Gasteiger partial charge in [-0.15, -0.1) is 0 Å². The average Bonchev–Trinajstić information content (AvgIpc) is 2.48. The fourth-order valence-electron chi connectivity index (χ4n) is 3.74. The van der Waals surface area contributed by atoms with Gasteiger partial charge >= 0.3 is 0 Å². The van der Waals surface area contributed by atoms with E-state index in [9.17, 15) is 15.3 Å². The van der Waals surface area contributed by atoms with E-state index in [1.54, 1.807) is 14.1 Å². The number of fused-ring (bicyclic) bond motifs is 2. The Morgan fingerprint density at radius 1 is 1.00 bits per heavy atom. The number of nitrogens with one attached hydrogen (secondary N) is 2. The molecule has 1 aliphatic carbocycles. The first-order valence-electron chi connectivity index (χ1n) is 7.83. The van der Waals surface area contributed by atoms with E-state index in [2.05, 4.69) is 10.6 Å². The van der Waals surface area contributed by atoms with Gasteiger partial charge in [0, 0.05) is 6.42 Å². The van der Waals surface area contributed by atoms with Crippen LogP contribution in [0.1, 0.15) is 19.8 Å². The molecule has 0 amide bonds. The van der Waals surface area contributed by atoms with Crippen molar-refractivity contribution in [1.82, 2.24) is 10.6 Å². The highest BCUT2D eigenvalue weighted by molar-refractivity contribution is 5.08. The van der Waals surface area contributed by atoms with E-state index in [-0.39, 0.29) is 6.10 Å². The Balaban J connectivity index is 1.87. The van der Waals surface area contributed by atoms with Crippen LogP contribution in [0.5, 0.6) is 0 Å². The lowest BCUT2D eigenvalue weighted by atomic mass is 9.80. The summed E-state index contributed by atoms with van der Waals surface area (Å²) < 4.78 is 17.4. The van der Waals surface area contributed by atoms with Gasteiger partial charge in [-0.25, -0.2) is 0 Å². The molecule has 2 saturated heterocycles. The SMILES string of the molecule is CN[C@@H]1[C@H](O)[C@H](NC)[C@H]2O[C@@]3(O)CC[C@@H](C)O[C@H]3O[C@@H]2[C@H]1O. The van der Waals surface area contributed by atoms with E-state index in [0.29, 0.717) is 12.8 Å². The average molecular weight is 318 g/mol. The molecule has 0 unspecified atom stereocenters. The Morgan fingerprint density at radius 2 is 1.68 bits per heavy atom. The van der Waals surface area contributed by atoms with Crippen LogP contribution in [0.15, 0.2) is 0 Å². The summed E-state index contributed by atoms with van der Waals surface area (Å²) in [5.74, 6) is -1.55. The van der Waals surface area contributed by atoms with E-state index >= 15 is 0 Å². The predicted octanol–water partition coefficient (Wildman–Crippen LogP) is -2.10. The molecular formula is C14H26N2O6. The molecule has 128 valence electrons. The van der Waals surface area contributed by atoms with Gasteiger partial charge in [-0.1, -0.05) is 0 Å². The highest BCUT2D eigenvalue weighted by Crippen LogP contribution is 2.41. The summed E-state index contributed by atoms with van der Waals surface area (Å²) in [4.78, 5) is 0. The zero-order chi connectivity index (χ0) is 16.1. The molecule has 3 fully saturated rings. The minimum absolute atomic E-state index is 0.0445. The largest absolute Gasteiger partial charge is 0.390 e. The molecule has 0 aromatic rings. The monoisotopic (exact) mass is 318 g/mol. The summed E-state index contributed by atoms with van der Waals surface area (Å²) >= 11 is 0. The molecule has 8 heteroatoms. The van der Waals surface area contributed by atoms with Gasteiger partial charge in [0.15, 0.2) is 0 Å². The third-order valence-electron chi connectivity index (χ3n) is 5.04. The molecule has 3 rings (SSSR count). The molecule has 0 radical (unpaired) electrons. The van der Waals surface area contributed by atoms with Crippen molar-refractivity contribution in [3.8, 4) is 0 Å². The molecule has 8 nitrogen and oxygen atoms in total. The maximum atomic E-state index is 10.7. The lowest BCUT2D eigenvalue weighted by Crippen LogP contribution is -2.76. The van der Waals surface area contributed by atoms with Crippen LogP contribution < -0.4 is 10.6 Å². The maximum Gasteiger partial charge on any atom is 0.218 e. The maximum absolute atomic E-state index is 10.7. The van der Waals surface area contributed by atoms with Crippen molar-refractivity contribution in [3.63, 3.8) is 0 Å². The lowest BCUT2D eigenvalue weighted by Gasteiger charge is -2.56. The normalized spacial score (nSPS) is 55.4. The van der Waals surface area contributed by atoms with Crippen LogP contribution in [0.2, 0.25) is 0 Å². The first kappa shape index (κ1) is 16.5. The number of aliphatic hydroxyl groups excluding tert-OH is 2. The molecule has 3 aliphatic rings. The van der Waals surface area contributed by atoms with Crippen molar-refractivity contribution in [2.24, 2.45) is 0 Å². The highest BCUT2D eigenvalue weighted by atomic mass is 16.8. The summed E-state index contributed by atoms with van der Waals surface area (Å²) in [5.41, 5.74) is 0. The van der Waals surface area contributed by atoms with E-state index in [0.717, 1.165) is 0 Å². The Hall–Kier alpha value is -0.320. The van der Waals surface area contributed by atoms with Crippen LogP contribution in [0.25, 0.3) is 0 Å². The van der Waals surface area contributed by atoms with Gasteiger partial charge in [0.1, 0.15) is 18.3 Å². The molecule has 2 heterocycles. The molecule has 0 aromatic carbocycles. The number of hydrogen-bond acceptors (Lipinski definition) is 8.